The zero-order valence-corrected chi connectivity index (χ0v) is 17.4. The summed E-state index contributed by atoms with van der Waals surface area (Å²) < 4.78 is 0. The molecule has 0 radical (unpaired) electrons. The van der Waals surface area contributed by atoms with Crippen molar-refractivity contribution in [1.29, 1.82) is 0 Å². The molecule has 3 rings (SSSR count). The van der Waals surface area contributed by atoms with Crippen molar-refractivity contribution in [1.82, 2.24) is 26.3 Å². The fourth-order valence-electron chi connectivity index (χ4n) is 3.63. The van der Waals surface area contributed by atoms with E-state index in [1.165, 1.54) is 0 Å². The van der Waals surface area contributed by atoms with Crippen LogP contribution in [0.3, 0.4) is 0 Å². The second-order valence-corrected chi connectivity index (χ2v) is 7.63. The number of amides is 3. The van der Waals surface area contributed by atoms with Gasteiger partial charge in [0, 0.05) is 23.5 Å². The summed E-state index contributed by atoms with van der Waals surface area (Å²) in [5.74, 6) is -3.03. The van der Waals surface area contributed by atoms with E-state index in [-0.39, 0.29) is 24.9 Å². The van der Waals surface area contributed by atoms with Crippen molar-refractivity contribution >= 4 is 34.6 Å². The Hall–Kier alpha value is -3.44. The van der Waals surface area contributed by atoms with Crippen LogP contribution in [0, 0.1) is 0 Å². The van der Waals surface area contributed by atoms with Crippen LogP contribution in [-0.2, 0) is 25.6 Å². The Balaban J connectivity index is 1.69. The number of aliphatic hydroxyl groups excluding tert-OH is 1. The highest BCUT2D eigenvalue weighted by Gasteiger charge is 2.28. The van der Waals surface area contributed by atoms with Crippen LogP contribution in [0.25, 0.3) is 10.9 Å². The first kappa shape index (κ1) is 23.2. The first-order valence-electron chi connectivity index (χ1n) is 10.4. The zero-order chi connectivity index (χ0) is 23.1. The minimum absolute atomic E-state index is 0.0808. The van der Waals surface area contributed by atoms with E-state index in [0.29, 0.717) is 6.42 Å². The van der Waals surface area contributed by atoms with E-state index >= 15 is 0 Å². The maximum atomic E-state index is 12.8. The molecule has 0 unspecified atom stereocenters. The molecule has 32 heavy (non-hydrogen) atoms. The van der Waals surface area contributed by atoms with Gasteiger partial charge in [0.25, 0.3) is 0 Å². The highest BCUT2D eigenvalue weighted by molar-refractivity contribution is 5.93. The van der Waals surface area contributed by atoms with E-state index < -0.39 is 36.5 Å². The van der Waals surface area contributed by atoms with Crippen molar-refractivity contribution in [2.45, 2.75) is 37.4 Å². The average Bonchev–Trinajstić information content (AvgIpc) is 3.45. The second-order valence-electron chi connectivity index (χ2n) is 7.63. The molecule has 2 aromatic rings. The van der Waals surface area contributed by atoms with Gasteiger partial charge in [-0.05, 0) is 31.0 Å². The third-order valence-electron chi connectivity index (χ3n) is 5.35. The van der Waals surface area contributed by atoms with Crippen LogP contribution >= 0.6 is 0 Å². The summed E-state index contributed by atoms with van der Waals surface area (Å²) in [6.07, 6.45) is 3.37. The SMILES string of the molecule is O=C(CNC(=O)[C@@H]1CCCN1)N[C@@H](Cc1c[nH]c2ccccc12)C(=O)N[C@@H](CO)C(=O)O. The number of nitrogens with one attached hydrogen (secondary N) is 5. The molecule has 7 N–H and O–H groups in total. The molecule has 1 aromatic heterocycles. The van der Waals surface area contributed by atoms with Gasteiger partial charge in [0.1, 0.15) is 12.1 Å². The van der Waals surface area contributed by atoms with Gasteiger partial charge >= 0.3 is 5.97 Å². The van der Waals surface area contributed by atoms with Gasteiger partial charge in [-0.3, -0.25) is 14.4 Å². The maximum absolute atomic E-state index is 12.8. The number of aliphatic hydroxyl groups is 1. The zero-order valence-electron chi connectivity index (χ0n) is 17.4. The first-order chi connectivity index (χ1) is 15.4. The molecule has 1 aromatic carbocycles. The van der Waals surface area contributed by atoms with Crippen LogP contribution in [0.5, 0.6) is 0 Å². The number of aromatic nitrogens is 1. The van der Waals surface area contributed by atoms with Gasteiger partial charge < -0.3 is 36.5 Å². The predicted molar refractivity (Wildman–Crippen MR) is 115 cm³/mol. The summed E-state index contributed by atoms with van der Waals surface area (Å²) in [5, 5.41) is 29.6. The molecule has 0 aliphatic carbocycles. The summed E-state index contributed by atoms with van der Waals surface area (Å²) in [6, 6.07) is 4.47. The largest absolute Gasteiger partial charge is 0.480 e. The van der Waals surface area contributed by atoms with Gasteiger partial charge in [0.15, 0.2) is 0 Å². The number of H-pyrrole nitrogens is 1. The fourth-order valence-corrected chi connectivity index (χ4v) is 3.63. The number of benzene rings is 1. The standard InChI is InChI=1S/C21H27N5O6/c27-11-17(21(31)32)26-20(30)16(8-12-9-23-14-5-2-1-4-13(12)14)25-18(28)10-24-19(29)15-6-3-7-22-15/h1-2,4-5,9,15-17,22-23,27H,3,6-8,10-11H2,(H,24,29)(H,25,28)(H,26,30)(H,31,32)/t15-,16-,17-/m0/s1. The molecule has 1 aliphatic heterocycles. The topological polar surface area (TPSA) is 173 Å². The molecule has 2 heterocycles. The van der Waals surface area contributed by atoms with Gasteiger partial charge in [0.05, 0.1) is 19.2 Å². The molecule has 11 nitrogen and oxygen atoms in total. The summed E-state index contributed by atoms with van der Waals surface area (Å²) in [4.78, 5) is 51.6. The molecule has 0 saturated carbocycles. The summed E-state index contributed by atoms with van der Waals surface area (Å²) in [5.41, 5.74) is 1.60. The molecular weight excluding hydrogens is 418 g/mol. The van der Waals surface area contributed by atoms with E-state index in [9.17, 15) is 24.3 Å². The van der Waals surface area contributed by atoms with Crippen molar-refractivity contribution < 1.29 is 29.4 Å². The first-order valence-corrected chi connectivity index (χ1v) is 10.4. The molecule has 172 valence electrons. The van der Waals surface area contributed by atoms with Crippen molar-refractivity contribution in [3.8, 4) is 0 Å². The van der Waals surface area contributed by atoms with Crippen molar-refractivity contribution in [3.63, 3.8) is 0 Å². The van der Waals surface area contributed by atoms with E-state index in [4.69, 9.17) is 5.11 Å². The van der Waals surface area contributed by atoms with E-state index in [2.05, 4.69) is 26.3 Å². The van der Waals surface area contributed by atoms with Crippen molar-refractivity contribution in [2.24, 2.45) is 0 Å². The number of aromatic amines is 1. The highest BCUT2D eigenvalue weighted by Crippen LogP contribution is 2.19. The third-order valence-corrected chi connectivity index (χ3v) is 5.35. The number of hydrogen-bond donors (Lipinski definition) is 7. The Morgan fingerprint density at radius 1 is 1.12 bits per heavy atom. The number of aliphatic carboxylic acids is 1. The molecule has 1 saturated heterocycles. The van der Waals surface area contributed by atoms with Gasteiger partial charge in [-0.1, -0.05) is 18.2 Å². The predicted octanol–water partition coefficient (Wildman–Crippen LogP) is -1.37. The molecule has 3 atom stereocenters. The smallest absolute Gasteiger partial charge is 0.328 e. The van der Waals surface area contributed by atoms with Crippen LogP contribution in [0.2, 0.25) is 0 Å². The Bertz CT molecular complexity index is 984. The molecular formula is C21H27N5O6. The highest BCUT2D eigenvalue weighted by atomic mass is 16.4. The average molecular weight is 445 g/mol. The van der Waals surface area contributed by atoms with Gasteiger partial charge in [-0.15, -0.1) is 0 Å². The number of hydrogen-bond acceptors (Lipinski definition) is 6. The van der Waals surface area contributed by atoms with Gasteiger partial charge in [-0.2, -0.15) is 0 Å². The minimum Gasteiger partial charge on any atom is -0.480 e. The molecule has 11 heteroatoms. The third kappa shape index (κ3) is 5.83. The number of fused-ring (bicyclic) bond motifs is 1. The number of carboxylic acid groups (broad SMARTS) is 1. The monoisotopic (exact) mass is 445 g/mol. The van der Waals surface area contributed by atoms with Crippen LogP contribution in [0.4, 0.5) is 0 Å². The lowest BCUT2D eigenvalue weighted by Gasteiger charge is -2.21. The maximum Gasteiger partial charge on any atom is 0.328 e. The molecule has 0 bridgehead atoms. The number of para-hydroxylation sites is 1. The Labute approximate surface area is 183 Å². The minimum atomic E-state index is -1.50. The van der Waals surface area contributed by atoms with Crippen LogP contribution in [0.1, 0.15) is 18.4 Å². The van der Waals surface area contributed by atoms with E-state index in [1.54, 1.807) is 6.20 Å². The fraction of sp³-hybridized carbons (Fsp3) is 0.429. The molecule has 0 spiro atoms. The normalized spacial score (nSPS) is 17.5. The van der Waals surface area contributed by atoms with Crippen LogP contribution < -0.4 is 21.3 Å². The lowest BCUT2D eigenvalue weighted by molar-refractivity contribution is -0.143. The van der Waals surface area contributed by atoms with Crippen molar-refractivity contribution in [2.75, 3.05) is 19.7 Å². The Morgan fingerprint density at radius 2 is 1.91 bits per heavy atom. The number of carboxylic acids is 1. The van der Waals surface area contributed by atoms with E-state index in [0.717, 1.165) is 29.4 Å². The molecule has 3 amide bonds. The lowest BCUT2D eigenvalue weighted by atomic mass is 10.0. The Morgan fingerprint density at radius 3 is 2.59 bits per heavy atom. The van der Waals surface area contributed by atoms with Gasteiger partial charge in [-0.25, -0.2) is 4.79 Å². The lowest BCUT2D eigenvalue weighted by Crippen LogP contribution is -2.55. The summed E-state index contributed by atoms with van der Waals surface area (Å²) in [7, 11) is 0. The summed E-state index contributed by atoms with van der Waals surface area (Å²) in [6.45, 7) is -0.372. The van der Waals surface area contributed by atoms with Crippen molar-refractivity contribution in [3.05, 3.63) is 36.0 Å². The molecule has 1 fully saturated rings. The Kier molecular flexibility index (Phi) is 7.79. The quantitative estimate of drug-likeness (QED) is 0.236. The molecule has 1 aliphatic rings. The van der Waals surface area contributed by atoms with Gasteiger partial charge in [0.2, 0.25) is 17.7 Å². The van der Waals surface area contributed by atoms with Crippen LogP contribution in [0.15, 0.2) is 30.5 Å². The number of carbonyl (C=O) groups is 4. The number of carbonyl (C=O) groups excluding carboxylic acids is 3. The van der Waals surface area contributed by atoms with Crippen LogP contribution in [-0.4, -0.2) is 76.7 Å². The second kappa shape index (κ2) is 10.7. The summed E-state index contributed by atoms with van der Waals surface area (Å²) >= 11 is 0. The number of rotatable bonds is 10. The van der Waals surface area contributed by atoms with E-state index in [1.807, 2.05) is 24.3 Å².